The molecule has 0 unspecified atom stereocenters. The van der Waals surface area contributed by atoms with Gasteiger partial charge in [-0.2, -0.15) is 0 Å². The van der Waals surface area contributed by atoms with Gasteiger partial charge in [-0.25, -0.2) is 22.4 Å². The standard InChI is InChI=1S/C21H18F4N2O3S/c1-20(13-4-3-5-14(22)15(13)23)16-17(21(16,24)25)31-18(26-20)27(19(28)29)10-11-6-8-12(30-2)9-7-11/h3-9,16-17H,10H2,1-2H3,(H,28,29)/t16-,17+,20+/m0/s1. The van der Waals surface area contributed by atoms with E-state index in [4.69, 9.17) is 4.74 Å². The molecule has 3 atom stereocenters. The van der Waals surface area contributed by atoms with Crippen molar-refractivity contribution in [3.8, 4) is 5.75 Å². The summed E-state index contributed by atoms with van der Waals surface area (Å²) in [5, 5.41) is 8.27. The minimum Gasteiger partial charge on any atom is -0.497 e. The van der Waals surface area contributed by atoms with Crippen molar-refractivity contribution >= 4 is 23.0 Å². The van der Waals surface area contributed by atoms with E-state index in [1.807, 2.05) is 0 Å². The summed E-state index contributed by atoms with van der Waals surface area (Å²) in [5.41, 5.74) is -1.57. The number of amides is 1. The Bertz CT molecular complexity index is 1060. The number of carboxylic acid groups (broad SMARTS) is 1. The van der Waals surface area contributed by atoms with Gasteiger partial charge in [-0.15, -0.1) is 0 Å². The second-order valence-corrected chi connectivity index (χ2v) is 8.66. The van der Waals surface area contributed by atoms with E-state index in [2.05, 4.69) is 4.99 Å². The monoisotopic (exact) mass is 454 g/mol. The molecule has 0 saturated heterocycles. The van der Waals surface area contributed by atoms with Gasteiger partial charge in [-0.1, -0.05) is 36.0 Å². The molecule has 2 aromatic carbocycles. The number of benzene rings is 2. The second-order valence-electron chi connectivity index (χ2n) is 7.55. The highest BCUT2D eigenvalue weighted by Gasteiger charge is 2.77. The van der Waals surface area contributed by atoms with E-state index < -0.39 is 40.4 Å². The van der Waals surface area contributed by atoms with Gasteiger partial charge in [0.1, 0.15) is 5.75 Å². The van der Waals surface area contributed by atoms with E-state index in [-0.39, 0.29) is 17.3 Å². The van der Waals surface area contributed by atoms with Crippen molar-refractivity contribution in [1.29, 1.82) is 0 Å². The number of amidine groups is 1. The molecule has 4 rings (SSSR count). The summed E-state index contributed by atoms with van der Waals surface area (Å²) in [4.78, 5) is 17.1. The van der Waals surface area contributed by atoms with Gasteiger partial charge >= 0.3 is 6.09 Å². The van der Waals surface area contributed by atoms with Crippen LogP contribution in [0.1, 0.15) is 18.1 Å². The number of carbonyl (C=O) groups is 1. The lowest BCUT2D eigenvalue weighted by molar-refractivity contribution is 0.0817. The molecule has 2 aromatic rings. The van der Waals surface area contributed by atoms with Crippen LogP contribution in [-0.4, -0.2) is 39.5 Å². The van der Waals surface area contributed by atoms with Crippen molar-refractivity contribution in [3.05, 3.63) is 65.2 Å². The molecule has 0 radical (unpaired) electrons. The molecule has 1 N–H and O–H groups in total. The molecule has 10 heteroatoms. The fraction of sp³-hybridized carbons (Fsp3) is 0.333. The van der Waals surface area contributed by atoms with Crippen LogP contribution in [0, 0.1) is 17.6 Å². The Morgan fingerprint density at radius 1 is 1.23 bits per heavy atom. The van der Waals surface area contributed by atoms with Gasteiger partial charge in [0, 0.05) is 5.56 Å². The molecule has 1 saturated carbocycles. The molecule has 1 heterocycles. The summed E-state index contributed by atoms with van der Waals surface area (Å²) in [5.74, 6) is -6.44. The molecule has 5 nitrogen and oxygen atoms in total. The van der Waals surface area contributed by atoms with Gasteiger partial charge in [0.2, 0.25) is 0 Å². The fourth-order valence-electron chi connectivity index (χ4n) is 3.90. The number of halogens is 4. The third kappa shape index (κ3) is 3.52. The average molecular weight is 454 g/mol. The molecule has 1 amide bonds. The first-order valence-corrected chi connectivity index (χ1v) is 10.2. The minimum atomic E-state index is -3.20. The Morgan fingerprint density at radius 2 is 1.90 bits per heavy atom. The van der Waals surface area contributed by atoms with Crippen LogP contribution in [0.2, 0.25) is 0 Å². The third-order valence-electron chi connectivity index (χ3n) is 5.61. The smallest absolute Gasteiger partial charge is 0.413 e. The van der Waals surface area contributed by atoms with E-state index in [0.29, 0.717) is 23.1 Å². The quantitative estimate of drug-likeness (QED) is 0.653. The van der Waals surface area contributed by atoms with Crippen LogP contribution < -0.4 is 4.74 Å². The van der Waals surface area contributed by atoms with Gasteiger partial charge in [0.05, 0.1) is 30.4 Å². The number of alkyl halides is 2. The van der Waals surface area contributed by atoms with Crippen LogP contribution in [0.3, 0.4) is 0 Å². The maximum absolute atomic E-state index is 14.6. The molecule has 1 fully saturated rings. The molecule has 2 aliphatic rings. The van der Waals surface area contributed by atoms with E-state index >= 15 is 0 Å². The van der Waals surface area contributed by atoms with E-state index in [0.717, 1.165) is 11.0 Å². The first-order valence-electron chi connectivity index (χ1n) is 9.31. The highest BCUT2D eigenvalue weighted by molar-refractivity contribution is 8.14. The number of ether oxygens (including phenoxy) is 1. The first kappa shape index (κ1) is 21.5. The molecule has 0 spiro atoms. The molecule has 1 aliphatic carbocycles. The minimum absolute atomic E-state index is 0.157. The lowest BCUT2D eigenvalue weighted by Gasteiger charge is -2.32. The number of fused-ring (bicyclic) bond motifs is 1. The summed E-state index contributed by atoms with van der Waals surface area (Å²) in [7, 11) is 1.49. The average Bonchev–Trinajstić information content (AvgIpc) is 3.30. The summed E-state index contributed by atoms with van der Waals surface area (Å²) >= 11 is 0.642. The highest BCUT2D eigenvalue weighted by Crippen LogP contribution is 2.67. The Balaban J connectivity index is 1.75. The normalized spacial score (nSPS) is 25.9. The van der Waals surface area contributed by atoms with Crippen LogP contribution in [0.4, 0.5) is 22.4 Å². The van der Waals surface area contributed by atoms with Crippen molar-refractivity contribution in [3.63, 3.8) is 0 Å². The van der Waals surface area contributed by atoms with Crippen molar-refractivity contribution < 1.29 is 32.2 Å². The van der Waals surface area contributed by atoms with Gasteiger partial charge < -0.3 is 9.84 Å². The van der Waals surface area contributed by atoms with Crippen molar-refractivity contribution in [2.75, 3.05) is 7.11 Å². The number of aliphatic imine (C=N–C) groups is 1. The molecule has 31 heavy (non-hydrogen) atoms. The zero-order chi connectivity index (χ0) is 22.6. The van der Waals surface area contributed by atoms with Crippen LogP contribution in [0.5, 0.6) is 5.75 Å². The predicted molar refractivity (Wildman–Crippen MR) is 108 cm³/mol. The van der Waals surface area contributed by atoms with Gasteiger partial charge in [-0.05, 0) is 30.7 Å². The Labute approximate surface area is 179 Å². The van der Waals surface area contributed by atoms with Gasteiger partial charge in [0.15, 0.2) is 16.8 Å². The van der Waals surface area contributed by atoms with Gasteiger partial charge in [0.25, 0.3) is 5.92 Å². The molecule has 164 valence electrons. The fourth-order valence-corrected chi connectivity index (χ4v) is 5.45. The summed E-state index contributed by atoms with van der Waals surface area (Å²) < 4.78 is 62.6. The maximum Gasteiger partial charge on any atom is 0.413 e. The number of methoxy groups -OCH3 is 1. The van der Waals surface area contributed by atoms with Crippen molar-refractivity contribution in [2.45, 2.75) is 30.2 Å². The van der Waals surface area contributed by atoms with Crippen LogP contribution in [0.25, 0.3) is 0 Å². The zero-order valence-electron chi connectivity index (χ0n) is 16.5. The SMILES string of the molecule is COc1ccc(CN(C(=O)O)C2=N[C@](C)(c3cccc(F)c3F)[C@@H]3[C@@H](S2)C3(F)F)cc1. The predicted octanol–water partition coefficient (Wildman–Crippen LogP) is 5.11. The number of thioether (sulfide) groups is 1. The largest absolute Gasteiger partial charge is 0.497 e. The summed E-state index contributed by atoms with van der Waals surface area (Å²) in [6.45, 7) is 1.13. The topological polar surface area (TPSA) is 62.1 Å². The van der Waals surface area contributed by atoms with E-state index in [1.165, 1.54) is 26.2 Å². The number of hydrogen-bond donors (Lipinski definition) is 1. The maximum atomic E-state index is 14.6. The van der Waals surface area contributed by atoms with Gasteiger partial charge in [-0.3, -0.25) is 9.89 Å². The van der Waals surface area contributed by atoms with Crippen molar-refractivity contribution in [1.82, 2.24) is 4.90 Å². The molecular weight excluding hydrogens is 436 g/mol. The van der Waals surface area contributed by atoms with E-state index in [9.17, 15) is 27.5 Å². The molecule has 0 bridgehead atoms. The van der Waals surface area contributed by atoms with Crippen LogP contribution >= 0.6 is 11.8 Å². The van der Waals surface area contributed by atoms with Crippen LogP contribution in [0.15, 0.2) is 47.5 Å². The van der Waals surface area contributed by atoms with Crippen LogP contribution in [-0.2, 0) is 12.1 Å². The first-order chi connectivity index (χ1) is 14.6. The molecule has 0 aromatic heterocycles. The third-order valence-corrected chi connectivity index (χ3v) is 6.97. The Kier molecular flexibility index (Phi) is 5.15. The van der Waals surface area contributed by atoms with Crippen molar-refractivity contribution in [2.24, 2.45) is 10.9 Å². The zero-order valence-corrected chi connectivity index (χ0v) is 17.3. The number of nitrogens with zero attached hydrogens (tertiary/aromatic N) is 2. The summed E-state index contributed by atoms with van der Waals surface area (Å²) in [6.07, 6.45) is -1.40. The van der Waals surface area contributed by atoms with E-state index in [1.54, 1.807) is 24.3 Å². The molecule has 1 aliphatic heterocycles. The lowest BCUT2D eigenvalue weighted by Crippen LogP contribution is -2.39. The highest BCUT2D eigenvalue weighted by atomic mass is 32.2. The summed E-state index contributed by atoms with van der Waals surface area (Å²) in [6, 6.07) is 9.88. The molecular formula is C21H18F4N2O3S. The Hall–Kier alpha value is -2.75. The number of hydrogen-bond acceptors (Lipinski definition) is 4. The number of rotatable bonds is 4. The second kappa shape index (κ2) is 7.44. The lowest BCUT2D eigenvalue weighted by atomic mass is 9.86. The Morgan fingerprint density at radius 3 is 2.52 bits per heavy atom.